The Kier molecular flexibility index (Phi) is 5.32. The maximum atomic E-state index is 13.5. The minimum atomic E-state index is -1.02. The second kappa shape index (κ2) is 7.44. The smallest absolute Gasteiger partial charge is 0.314 e. The molecule has 0 aromatic heterocycles. The van der Waals surface area contributed by atoms with Crippen molar-refractivity contribution < 1.29 is 24.6 Å². The number of ketones is 1. The van der Waals surface area contributed by atoms with Crippen LogP contribution in [0, 0.1) is 56.7 Å². The number of fused-ring (bicyclic) bond motifs is 7. The number of rotatable bonds is 2. The lowest BCUT2D eigenvalue weighted by molar-refractivity contribution is -0.205. The SMILES string of the molecule is C[C@H]1[C@H]2C3=CC[C@@H]4[C@@]5(C)CCC(=O)C(C)(C)[C@@H]5CC[C@@]4(C)[C@]3(C(=O)O)CC[C@@]2(C(=O)O)CC[C@@H]1C. The zero-order chi connectivity index (χ0) is 25.8. The van der Waals surface area contributed by atoms with Crippen LogP contribution in [0.25, 0.3) is 0 Å². The fourth-order valence-corrected chi connectivity index (χ4v) is 10.8. The second-order valence-electron chi connectivity index (χ2n) is 14.1. The highest BCUT2D eigenvalue weighted by Gasteiger charge is 2.73. The Morgan fingerprint density at radius 1 is 0.886 bits per heavy atom. The number of carbonyl (C=O) groups is 3. The third kappa shape index (κ3) is 2.79. The van der Waals surface area contributed by atoms with Crippen LogP contribution >= 0.6 is 0 Å². The molecular formula is C30H44O5. The Bertz CT molecular complexity index is 1010. The van der Waals surface area contributed by atoms with E-state index in [-0.39, 0.29) is 34.5 Å². The molecule has 0 radical (unpaired) electrons. The van der Waals surface area contributed by atoms with Crippen LogP contribution in [0.1, 0.15) is 99.3 Å². The van der Waals surface area contributed by atoms with Gasteiger partial charge in [-0.1, -0.05) is 53.2 Å². The first-order chi connectivity index (χ1) is 16.2. The van der Waals surface area contributed by atoms with E-state index in [2.05, 4.69) is 47.6 Å². The van der Waals surface area contributed by atoms with E-state index < -0.39 is 28.2 Å². The van der Waals surface area contributed by atoms with Gasteiger partial charge < -0.3 is 10.2 Å². The zero-order valence-corrected chi connectivity index (χ0v) is 22.4. The number of hydrogen-bond donors (Lipinski definition) is 2. The van der Waals surface area contributed by atoms with Gasteiger partial charge in [0.05, 0.1) is 10.8 Å². The number of carboxylic acid groups (broad SMARTS) is 2. The van der Waals surface area contributed by atoms with E-state index in [1.165, 1.54) is 0 Å². The molecule has 2 N–H and O–H groups in total. The third-order valence-electron chi connectivity index (χ3n) is 13.0. The van der Waals surface area contributed by atoms with E-state index in [9.17, 15) is 24.6 Å². The molecular weight excluding hydrogens is 440 g/mol. The number of carbonyl (C=O) groups excluding carboxylic acids is 1. The molecule has 0 bridgehead atoms. The summed E-state index contributed by atoms with van der Waals surface area (Å²) in [6, 6.07) is 0. The Morgan fingerprint density at radius 3 is 2.20 bits per heavy atom. The van der Waals surface area contributed by atoms with E-state index in [4.69, 9.17) is 0 Å². The summed E-state index contributed by atoms with van der Waals surface area (Å²) in [6.07, 6.45) is 8.44. The fraction of sp³-hybridized carbons (Fsp3) is 0.833. The summed E-state index contributed by atoms with van der Waals surface area (Å²) >= 11 is 0. The lowest BCUT2D eigenvalue weighted by Gasteiger charge is -2.69. The van der Waals surface area contributed by atoms with Gasteiger partial charge in [-0.25, -0.2) is 0 Å². The van der Waals surface area contributed by atoms with Crippen molar-refractivity contribution in [3.8, 4) is 0 Å². The molecule has 5 nitrogen and oxygen atoms in total. The van der Waals surface area contributed by atoms with Gasteiger partial charge in [-0.2, -0.15) is 0 Å². The molecule has 4 saturated carbocycles. The molecule has 5 rings (SSSR count). The van der Waals surface area contributed by atoms with Gasteiger partial charge in [0.15, 0.2) is 0 Å². The summed E-state index contributed by atoms with van der Waals surface area (Å²) in [7, 11) is 0. The second-order valence-corrected chi connectivity index (χ2v) is 14.1. The lowest BCUT2D eigenvalue weighted by atomic mass is 9.33. The molecule has 0 aliphatic heterocycles. The van der Waals surface area contributed by atoms with Gasteiger partial charge in [0.2, 0.25) is 0 Å². The summed E-state index contributed by atoms with van der Waals surface area (Å²) in [4.78, 5) is 39.2. The Balaban J connectivity index is 1.69. The summed E-state index contributed by atoms with van der Waals surface area (Å²) < 4.78 is 0. The molecule has 0 spiro atoms. The molecule has 5 aliphatic carbocycles. The van der Waals surface area contributed by atoms with Crippen molar-refractivity contribution in [3.05, 3.63) is 11.6 Å². The number of aliphatic carboxylic acids is 2. The minimum absolute atomic E-state index is 0.0955. The molecule has 5 heteroatoms. The van der Waals surface area contributed by atoms with Crippen LogP contribution in [-0.4, -0.2) is 27.9 Å². The molecule has 0 heterocycles. The van der Waals surface area contributed by atoms with E-state index in [1.807, 2.05) is 0 Å². The summed E-state index contributed by atoms with van der Waals surface area (Å²) in [5.74, 6) is -0.422. The molecule has 0 aromatic rings. The quantitative estimate of drug-likeness (QED) is 0.445. The molecule has 194 valence electrons. The van der Waals surface area contributed by atoms with Gasteiger partial charge in [0.25, 0.3) is 0 Å². The van der Waals surface area contributed by atoms with Crippen molar-refractivity contribution in [1.82, 2.24) is 0 Å². The largest absolute Gasteiger partial charge is 0.481 e. The number of Topliss-reactive ketones (excluding diaryl/α,β-unsaturated/α-hetero) is 1. The summed E-state index contributed by atoms with van der Waals surface area (Å²) in [5, 5.41) is 21.6. The van der Waals surface area contributed by atoms with Crippen LogP contribution in [0.3, 0.4) is 0 Å². The van der Waals surface area contributed by atoms with Crippen LogP contribution in [0.2, 0.25) is 0 Å². The average molecular weight is 485 g/mol. The van der Waals surface area contributed by atoms with Crippen molar-refractivity contribution in [1.29, 1.82) is 0 Å². The van der Waals surface area contributed by atoms with Crippen LogP contribution in [-0.2, 0) is 14.4 Å². The third-order valence-corrected chi connectivity index (χ3v) is 13.0. The van der Waals surface area contributed by atoms with Crippen LogP contribution in [0.4, 0.5) is 0 Å². The monoisotopic (exact) mass is 484 g/mol. The van der Waals surface area contributed by atoms with Crippen LogP contribution in [0.5, 0.6) is 0 Å². The van der Waals surface area contributed by atoms with Gasteiger partial charge in [-0.05, 0) is 91.8 Å². The standard InChI is InChI=1S/C30H44O5/c1-17-9-14-29(24(32)33)15-16-30(25(34)35)19(23(29)18(17)2)7-8-21-27(5)12-11-22(31)26(3,4)20(27)10-13-28(21,30)6/h7,17-18,20-21,23H,8-16H2,1-6H3,(H,32,33)(H,34,35)/t17-,18+,20-,21+,23-,27-,28+,29-,30+/m0/s1. The Hall–Kier alpha value is -1.65. The van der Waals surface area contributed by atoms with E-state index >= 15 is 0 Å². The van der Waals surface area contributed by atoms with E-state index in [1.54, 1.807) is 0 Å². The highest BCUT2D eigenvalue weighted by Crippen LogP contribution is 2.75. The maximum Gasteiger partial charge on any atom is 0.314 e. The molecule has 5 aliphatic rings. The molecule has 0 aromatic carbocycles. The molecule has 0 amide bonds. The lowest BCUT2D eigenvalue weighted by Crippen LogP contribution is -2.67. The van der Waals surface area contributed by atoms with Crippen molar-refractivity contribution in [2.45, 2.75) is 99.3 Å². The van der Waals surface area contributed by atoms with Gasteiger partial charge in [0.1, 0.15) is 5.78 Å². The normalized spacial score (nSPS) is 50.6. The molecule has 0 unspecified atom stereocenters. The first-order valence-electron chi connectivity index (χ1n) is 13.9. The molecule has 4 fully saturated rings. The number of allylic oxidation sites excluding steroid dienone is 1. The van der Waals surface area contributed by atoms with Gasteiger partial charge in [-0.3, -0.25) is 14.4 Å². The van der Waals surface area contributed by atoms with Crippen molar-refractivity contribution in [3.63, 3.8) is 0 Å². The Labute approximate surface area is 210 Å². The van der Waals surface area contributed by atoms with Gasteiger partial charge in [0, 0.05) is 11.8 Å². The van der Waals surface area contributed by atoms with Crippen molar-refractivity contribution in [2.75, 3.05) is 0 Å². The average Bonchev–Trinajstić information content (AvgIpc) is 2.78. The van der Waals surface area contributed by atoms with Crippen molar-refractivity contribution >= 4 is 17.7 Å². The van der Waals surface area contributed by atoms with Crippen LogP contribution in [0.15, 0.2) is 11.6 Å². The van der Waals surface area contributed by atoms with Gasteiger partial charge >= 0.3 is 11.9 Å². The molecule has 35 heavy (non-hydrogen) atoms. The fourth-order valence-electron chi connectivity index (χ4n) is 10.8. The zero-order valence-electron chi connectivity index (χ0n) is 22.4. The highest BCUT2D eigenvalue weighted by molar-refractivity contribution is 5.86. The number of carboxylic acids is 2. The minimum Gasteiger partial charge on any atom is -0.481 e. The first kappa shape index (κ1) is 25.0. The van der Waals surface area contributed by atoms with Crippen molar-refractivity contribution in [2.24, 2.45) is 56.7 Å². The van der Waals surface area contributed by atoms with Crippen LogP contribution < -0.4 is 0 Å². The predicted molar refractivity (Wildman–Crippen MR) is 134 cm³/mol. The predicted octanol–water partition coefficient (Wildman–Crippen LogP) is 6.36. The maximum absolute atomic E-state index is 13.5. The Morgan fingerprint density at radius 2 is 1.57 bits per heavy atom. The first-order valence-corrected chi connectivity index (χ1v) is 13.9. The highest BCUT2D eigenvalue weighted by atomic mass is 16.4. The topological polar surface area (TPSA) is 91.7 Å². The summed E-state index contributed by atoms with van der Waals surface area (Å²) in [6.45, 7) is 13.1. The molecule has 0 saturated heterocycles. The van der Waals surface area contributed by atoms with E-state index in [0.29, 0.717) is 37.4 Å². The summed E-state index contributed by atoms with van der Waals surface area (Å²) in [5.41, 5.74) is -1.86. The number of hydrogen-bond acceptors (Lipinski definition) is 3. The van der Waals surface area contributed by atoms with Gasteiger partial charge in [-0.15, -0.1) is 0 Å². The molecule has 9 atom stereocenters. The van der Waals surface area contributed by atoms with E-state index in [0.717, 1.165) is 37.7 Å².